The van der Waals surface area contributed by atoms with E-state index in [1.54, 1.807) is 0 Å². The molecule has 1 N–H and O–H groups in total. The Balaban J connectivity index is 1.81. The number of nitrogens with zero attached hydrogens (tertiary/aromatic N) is 1. The zero-order valence-corrected chi connectivity index (χ0v) is 13.2. The molecule has 0 aromatic heterocycles. The second-order valence-electron chi connectivity index (χ2n) is 5.30. The topological polar surface area (TPSA) is 68.1 Å². The predicted molar refractivity (Wildman–Crippen MR) is 90.5 cm³/mol. The number of hydrogen-bond acceptors (Lipinski definition) is 5. The van der Waals surface area contributed by atoms with Crippen LogP contribution >= 0.6 is 0 Å². The molecule has 122 valence electrons. The van der Waals surface area contributed by atoms with Gasteiger partial charge in [-0.3, -0.25) is 4.79 Å². The van der Waals surface area contributed by atoms with Gasteiger partial charge in [-0.15, -0.1) is 0 Å². The van der Waals surface area contributed by atoms with Gasteiger partial charge in [0.05, 0.1) is 0 Å². The van der Waals surface area contributed by atoms with Crippen molar-refractivity contribution in [2.24, 2.45) is 5.16 Å². The van der Waals surface area contributed by atoms with E-state index in [0.29, 0.717) is 18.1 Å². The minimum Gasteiger partial charge on any atom is -0.490 e. The van der Waals surface area contributed by atoms with Crippen LogP contribution in [0.1, 0.15) is 12.5 Å². The number of fused-ring (bicyclic) bond motifs is 1. The summed E-state index contributed by atoms with van der Waals surface area (Å²) in [6.45, 7) is 1.89. The van der Waals surface area contributed by atoms with Gasteiger partial charge >= 0.3 is 5.97 Å². The lowest BCUT2D eigenvalue weighted by Crippen LogP contribution is -2.22. The maximum absolute atomic E-state index is 10.7. The average Bonchev–Trinajstić information content (AvgIpc) is 2.98. The first-order chi connectivity index (χ1) is 11.7. The maximum Gasteiger partial charge on any atom is 0.302 e. The summed E-state index contributed by atoms with van der Waals surface area (Å²) >= 11 is 0. The summed E-state index contributed by atoms with van der Waals surface area (Å²) in [6, 6.07) is 15.4. The molecule has 0 saturated heterocycles. The lowest BCUT2D eigenvalue weighted by atomic mass is 10.0. The molecular weight excluding hydrogens is 306 g/mol. The summed E-state index contributed by atoms with van der Waals surface area (Å²) in [5.74, 6) is 0.363. The first-order valence-electron chi connectivity index (χ1n) is 7.59. The van der Waals surface area contributed by atoms with Crippen molar-refractivity contribution in [1.82, 2.24) is 0 Å². The standard InChI is InChI=1S/C19H17NO4/c1-13(21)23-10-11-24-16-8-6-14(7-9-16)19-17-5-3-2-4-15(17)12-18(19)20-22/h2-9,12,22H,10-11H2,1H3. The van der Waals surface area contributed by atoms with E-state index in [1.165, 1.54) is 6.92 Å². The monoisotopic (exact) mass is 323 g/mol. The summed E-state index contributed by atoms with van der Waals surface area (Å²) in [5.41, 5.74) is 2.37. The van der Waals surface area contributed by atoms with Crippen molar-refractivity contribution in [2.75, 3.05) is 13.2 Å². The molecule has 0 heterocycles. The highest BCUT2D eigenvalue weighted by Gasteiger charge is 2.15. The van der Waals surface area contributed by atoms with Crippen LogP contribution in [0.3, 0.4) is 0 Å². The molecule has 0 fully saturated rings. The summed E-state index contributed by atoms with van der Waals surface area (Å²) in [4.78, 5) is 10.7. The van der Waals surface area contributed by atoms with Crippen LogP contribution in [0.4, 0.5) is 0 Å². The van der Waals surface area contributed by atoms with E-state index < -0.39 is 0 Å². The van der Waals surface area contributed by atoms with Gasteiger partial charge in [0.15, 0.2) is 0 Å². The third-order valence-electron chi connectivity index (χ3n) is 3.69. The summed E-state index contributed by atoms with van der Waals surface area (Å²) in [7, 11) is 0. The highest BCUT2D eigenvalue weighted by atomic mass is 16.6. The van der Waals surface area contributed by atoms with Crippen LogP contribution in [-0.4, -0.2) is 30.1 Å². The van der Waals surface area contributed by atoms with Gasteiger partial charge in [-0.1, -0.05) is 41.6 Å². The predicted octanol–water partition coefficient (Wildman–Crippen LogP) is 1.45. The van der Waals surface area contributed by atoms with Crippen LogP contribution in [0, 0.1) is 0 Å². The van der Waals surface area contributed by atoms with Crippen molar-refractivity contribution in [1.29, 1.82) is 0 Å². The Morgan fingerprint density at radius 1 is 1.08 bits per heavy atom. The molecule has 0 spiro atoms. The molecule has 1 aliphatic rings. The molecule has 0 saturated carbocycles. The molecule has 5 nitrogen and oxygen atoms in total. The number of ether oxygens (including phenoxy) is 2. The number of carbonyl (C=O) groups is 1. The molecule has 0 aliphatic heterocycles. The van der Waals surface area contributed by atoms with Crippen molar-refractivity contribution in [3.05, 3.63) is 64.5 Å². The van der Waals surface area contributed by atoms with Gasteiger partial charge in [0.2, 0.25) is 0 Å². The van der Waals surface area contributed by atoms with Crippen molar-refractivity contribution >= 4 is 23.3 Å². The highest BCUT2D eigenvalue weighted by Crippen LogP contribution is 2.20. The SMILES string of the molecule is CC(=O)OCCOc1ccc(C2=c3ccccc3=CC2=NO)cc1. The Bertz CT molecular complexity index is 898. The van der Waals surface area contributed by atoms with Gasteiger partial charge in [-0.25, -0.2) is 0 Å². The van der Waals surface area contributed by atoms with Crippen LogP contribution in [0.2, 0.25) is 0 Å². The third kappa shape index (κ3) is 3.30. The van der Waals surface area contributed by atoms with Crippen molar-refractivity contribution < 1.29 is 19.5 Å². The molecule has 2 aromatic carbocycles. The first-order valence-corrected chi connectivity index (χ1v) is 7.59. The Morgan fingerprint density at radius 3 is 2.54 bits per heavy atom. The normalized spacial score (nSPS) is 14.2. The van der Waals surface area contributed by atoms with Gasteiger partial charge in [0, 0.05) is 12.5 Å². The summed E-state index contributed by atoms with van der Waals surface area (Å²) in [5, 5.41) is 14.8. The van der Waals surface area contributed by atoms with E-state index in [0.717, 1.165) is 21.6 Å². The second kappa shape index (κ2) is 7.00. The fourth-order valence-electron chi connectivity index (χ4n) is 2.65. The first kappa shape index (κ1) is 15.8. The van der Waals surface area contributed by atoms with E-state index >= 15 is 0 Å². The lowest BCUT2D eigenvalue weighted by Gasteiger charge is -2.08. The molecule has 2 aromatic rings. The molecular formula is C19H17NO4. The third-order valence-corrected chi connectivity index (χ3v) is 3.69. The van der Waals surface area contributed by atoms with Crippen LogP contribution in [-0.2, 0) is 9.53 Å². The quantitative estimate of drug-likeness (QED) is 0.391. The van der Waals surface area contributed by atoms with Gasteiger partial charge < -0.3 is 14.7 Å². The molecule has 3 rings (SSSR count). The van der Waals surface area contributed by atoms with E-state index in [4.69, 9.17) is 9.47 Å². The molecule has 0 atom stereocenters. The van der Waals surface area contributed by atoms with Crippen LogP contribution in [0.5, 0.6) is 5.75 Å². The molecule has 0 radical (unpaired) electrons. The number of esters is 1. The molecule has 24 heavy (non-hydrogen) atoms. The summed E-state index contributed by atoms with van der Waals surface area (Å²) < 4.78 is 10.3. The minimum absolute atomic E-state index is 0.220. The van der Waals surface area contributed by atoms with Crippen molar-refractivity contribution in [2.45, 2.75) is 6.92 Å². The van der Waals surface area contributed by atoms with E-state index in [-0.39, 0.29) is 12.6 Å². The molecule has 0 amide bonds. The van der Waals surface area contributed by atoms with Crippen LogP contribution in [0.25, 0.3) is 11.6 Å². The number of rotatable bonds is 5. The van der Waals surface area contributed by atoms with E-state index in [1.807, 2.05) is 54.6 Å². The van der Waals surface area contributed by atoms with Gasteiger partial charge in [-0.05, 0) is 34.2 Å². The zero-order chi connectivity index (χ0) is 16.9. The van der Waals surface area contributed by atoms with E-state index in [9.17, 15) is 10.0 Å². The molecule has 0 unspecified atom stereocenters. The molecule has 5 heteroatoms. The van der Waals surface area contributed by atoms with Gasteiger partial charge in [0.25, 0.3) is 0 Å². The number of benzene rings is 2. The Kier molecular flexibility index (Phi) is 4.61. The van der Waals surface area contributed by atoms with Crippen molar-refractivity contribution in [3.63, 3.8) is 0 Å². The fourth-order valence-corrected chi connectivity index (χ4v) is 2.65. The van der Waals surface area contributed by atoms with Gasteiger partial charge in [0.1, 0.15) is 24.7 Å². The largest absolute Gasteiger partial charge is 0.490 e. The highest BCUT2D eigenvalue weighted by molar-refractivity contribution is 6.38. The number of oxime groups is 1. The average molecular weight is 323 g/mol. The number of carbonyl (C=O) groups excluding carboxylic acids is 1. The van der Waals surface area contributed by atoms with Crippen LogP contribution in [0.15, 0.2) is 53.7 Å². The van der Waals surface area contributed by atoms with E-state index in [2.05, 4.69) is 5.16 Å². The summed E-state index contributed by atoms with van der Waals surface area (Å²) in [6.07, 6.45) is 1.86. The Labute approximate surface area is 139 Å². The zero-order valence-electron chi connectivity index (χ0n) is 13.2. The second-order valence-corrected chi connectivity index (χ2v) is 5.30. The Hall–Kier alpha value is -3.08. The lowest BCUT2D eigenvalue weighted by molar-refractivity contribution is -0.141. The Morgan fingerprint density at radius 2 is 1.83 bits per heavy atom. The maximum atomic E-state index is 10.7. The number of hydrogen-bond donors (Lipinski definition) is 1. The fraction of sp³-hybridized carbons (Fsp3) is 0.158. The molecule has 0 bridgehead atoms. The smallest absolute Gasteiger partial charge is 0.302 e. The van der Waals surface area contributed by atoms with Crippen molar-refractivity contribution in [3.8, 4) is 5.75 Å². The van der Waals surface area contributed by atoms with Crippen LogP contribution < -0.4 is 15.2 Å². The molecule has 1 aliphatic carbocycles. The minimum atomic E-state index is -0.322. The van der Waals surface area contributed by atoms with Gasteiger partial charge in [-0.2, -0.15) is 0 Å².